The summed E-state index contributed by atoms with van der Waals surface area (Å²) in [6.45, 7) is 0. The van der Waals surface area contributed by atoms with Gasteiger partial charge < -0.3 is 9.84 Å². The molecule has 3 rings (SSSR count). The van der Waals surface area contributed by atoms with Crippen molar-refractivity contribution in [1.29, 1.82) is 0 Å². The molecular weight excluding hydrogens is 362 g/mol. The molecule has 2 amide bonds. The maximum absolute atomic E-state index is 12.9. The highest BCUT2D eigenvalue weighted by molar-refractivity contribution is 5.86. The van der Waals surface area contributed by atoms with E-state index >= 15 is 0 Å². The van der Waals surface area contributed by atoms with Gasteiger partial charge >= 0.3 is 0 Å². The lowest BCUT2D eigenvalue weighted by atomic mass is 9.95. The van der Waals surface area contributed by atoms with Crippen molar-refractivity contribution in [2.75, 3.05) is 12.1 Å². The lowest BCUT2D eigenvalue weighted by Gasteiger charge is -2.27. The molecule has 8 nitrogen and oxygen atoms in total. The number of anilines is 1. The summed E-state index contributed by atoms with van der Waals surface area (Å²) in [5.41, 5.74) is 6.74. The van der Waals surface area contributed by atoms with Gasteiger partial charge in [0, 0.05) is 12.8 Å². The molecule has 0 bridgehead atoms. The fourth-order valence-corrected chi connectivity index (χ4v) is 3.32. The number of hydrazine groups is 1. The molecule has 0 aliphatic carbocycles. The van der Waals surface area contributed by atoms with Crippen LogP contribution in [-0.4, -0.2) is 35.5 Å². The van der Waals surface area contributed by atoms with E-state index in [0.717, 1.165) is 16.8 Å². The molecule has 0 saturated heterocycles. The fourth-order valence-electron chi connectivity index (χ4n) is 3.32. The number of nitrogens with one attached hydrogen (secondary N) is 2. The minimum Gasteiger partial charge on any atom is -0.497 e. The first-order chi connectivity index (χ1) is 13.5. The Bertz CT molecular complexity index is 857. The van der Waals surface area contributed by atoms with E-state index in [1.54, 1.807) is 30.8 Å². The Kier molecular flexibility index (Phi) is 6.13. The quantitative estimate of drug-likeness (QED) is 0.421. The Hall–Kier alpha value is -3.10. The first-order valence-corrected chi connectivity index (χ1v) is 8.93. The minimum atomic E-state index is -0.884. The zero-order valence-corrected chi connectivity index (χ0v) is 15.5. The Labute approximate surface area is 162 Å². The molecule has 2 aromatic carbocycles. The number of ether oxygens (including phenoxy) is 1. The van der Waals surface area contributed by atoms with E-state index in [9.17, 15) is 14.7 Å². The summed E-state index contributed by atoms with van der Waals surface area (Å²) in [7, 11) is 1.55. The molecular formula is C20H23N3O5. The molecule has 1 aliphatic rings. The standard InChI is InChI=1S/C20H23N3O5/c1-28-16-7-4-5-13(10-16)9-15(11-18(24)22-27)20(26)21-23-17-8-3-2-6-14(17)12-19(23)25/h2-8,10,15,19,25,27H,9,11-12H2,1H3,(H,21,26)(H,22,24)/t15-,19-/m1/s1. The molecule has 148 valence electrons. The minimum absolute atomic E-state index is 0.203. The van der Waals surface area contributed by atoms with Crippen molar-refractivity contribution in [2.24, 2.45) is 5.92 Å². The van der Waals surface area contributed by atoms with E-state index in [4.69, 9.17) is 9.94 Å². The second kappa shape index (κ2) is 8.73. The van der Waals surface area contributed by atoms with E-state index in [0.29, 0.717) is 12.2 Å². The molecule has 2 atom stereocenters. The maximum atomic E-state index is 12.9. The van der Waals surface area contributed by atoms with Crippen molar-refractivity contribution in [3.05, 3.63) is 59.7 Å². The van der Waals surface area contributed by atoms with Crippen LogP contribution in [-0.2, 0) is 22.4 Å². The van der Waals surface area contributed by atoms with Gasteiger partial charge in [0.15, 0.2) is 0 Å². The van der Waals surface area contributed by atoms with Crippen LogP contribution >= 0.6 is 0 Å². The largest absolute Gasteiger partial charge is 0.497 e. The van der Waals surface area contributed by atoms with Gasteiger partial charge in [0.05, 0.1) is 18.7 Å². The molecule has 4 N–H and O–H groups in total. The second-order valence-corrected chi connectivity index (χ2v) is 6.65. The molecule has 28 heavy (non-hydrogen) atoms. The number of aliphatic hydroxyl groups is 1. The summed E-state index contributed by atoms with van der Waals surface area (Å²) in [6.07, 6.45) is -0.424. The predicted molar refractivity (Wildman–Crippen MR) is 102 cm³/mol. The van der Waals surface area contributed by atoms with Crippen LogP contribution in [0.15, 0.2) is 48.5 Å². The number of nitrogens with zero attached hydrogens (tertiary/aromatic N) is 1. The third-order valence-electron chi connectivity index (χ3n) is 4.73. The fraction of sp³-hybridized carbons (Fsp3) is 0.300. The third-order valence-corrected chi connectivity index (χ3v) is 4.73. The van der Waals surface area contributed by atoms with Crippen LogP contribution < -0.4 is 20.7 Å². The van der Waals surface area contributed by atoms with Gasteiger partial charge in [0.1, 0.15) is 12.0 Å². The normalized spacial score (nSPS) is 16.2. The van der Waals surface area contributed by atoms with Crippen LogP contribution in [0.5, 0.6) is 5.75 Å². The monoisotopic (exact) mass is 385 g/mol. The topological polar surface area (TPSA) is 111 Å². The molecule has 1 aliphatic heterocycles. The number of aliphatic hydroxyl groups excluding tert-OH is 1. The zero-order chi connectivity index (χ0) is 20.1. The van der Waals surface area contributed by atoms with E-state index in [-0.39, 0.29) is 12.8 Å². The van der Waals surface area contributed by atoms with Gasteiger partial charge in [-0.2, -0.15) is 0 Å². The van der Waals surface area contributed by atoms with Gasteiger partial charge in [-0.3, -0.25) is 25.2 Å². The van der Waals surface area contributed by atoms with Crippen LogP contribution in [0.3, 0.4) is 0 Å². The number of hydroxylamine groups is 1. The van der Waals surface area contributed by atoms with Crippen molar-refractivity contribution < 1.29 is 24.6 Å². The number of amides is 2. The highest BCUT2D eigenvalue weighted by Crippen LogP contribution is 2.29. The van der Waals surface area contributed by atoms with E-state index < -0.39 is 24.0 Å². The van der Waals surface area contributed by atoms with Gasteiger partial charge in [-0.05, 0) is 35.7 Å². The van der Waals surface area contributed by atoms with Gasteiger partial charge in [0.2, 0.25) is 11.8 Å². The summed E-state index contributed by atoms with van der Waals surface area (Å²) < 4.78 is 5.20. The Morgan fingerprint density at radius 1 is 1.25 bits per heavy atom. The number of benzene rings is 2. The molecule has 0 radical (unpaired) electrons. The molecule has 0 fully saturated rings. The lowest BCUT2D eigenvalue weighted by molar-refractivity contribution is -0.135. The lowest BCUT2D eigenvalue weighted by Crippen LogP contribution is -2.49. The van der Waals surface area contributed by atoms with Crippen molar-refractivity contribution in [1.82, 2.24) is 10.9 Å². The van der Waals surface area contributed by atoms with Crippen LogP contribution in [0, 0.1) is 5.92 Å². The van der Waals surface area contributed by atoms with Gasteiger partial charge in [-0.1, -0.05) is 30.3 Å². The third kappa shape index (κ3) is 4.41. The number of methoxy groups -OCH3 is 1. The number of rotatable bonds is 7. The number of hydrogen-bond acceptors (Lipinski definition) is 6. The smallest absolute Gasteiger partial charge is 0.244 e. The maximum Gasteiger partial charge on any atom is 0.244 e. The van der Waals surface area contributed by atoms with Crippen molar-refractivity contribution in [3.63, 3.8) is 0 Å². The van der Waals surface area contributed by atoms with Crippen LogP contribution in [0.1, 0.15) is 17.5 Å². The summed E-state index contributed by atoms with van der Waals surface area (Å²) >= 11 is 0. The summed E-state index contributed by atoms with van der Waals surface area (Å²) in [5.74, 6) is -1.20. The Morgan fingerprint density at radius 3 is 2.79 bits per heavy atom. The van der Waals surface area contributed by atoms with Gasteiger partial charge in [-0.25, -0.2) is 5.48 Å². The first-order valence-electron chi connectivity index (χ1n) is 8.93. The molecule has 8 heteroatoms. The molecule has 0 saturated carbocycles. The SMILES string of the molecule is COc1cccc(C[C@H](CC(=O)NO)C(=O)NN2c3ccccc3C[C@H]2O)c1. The molecule has 0 spiro atoms. The number of fused-ring (bicyclic) bond motifs is 1. The van der Waals surface area contributed by atoms with Crippen molar-refractivity contribution in [2.45, 2.75) is 25.5 Å². The van der Waals surface area contributed by atoms with E-state index in [1.807, 2.05) is 30.3 Å². The summed E-state index contributed by atoms with van der Waals surface area (Å²) in [4.78, 5) is 24.6. The summed E-state index contributed by atoms with van der Waals surface area (Å²) in [5, 5.41) is 20.6. The summed E-state index contributed by atoms with van der Waals surface area (Å²) in [6, 6.07) is 14.6. The molecule has 1 heterocycles. The van der Waals surface area contributed by atoms with Crippen molar-refractivity contribution >= 4 is 17.5 Å². The number of carbonyl (C=O) groups is 2. The average molecular weight is 385 g/mol. The van der Waals surface area contributed by atoms with Crippen LogP contribution in [0.4, 0.5) is 5.69 Å². The number of carbonyl (C=O) groups excluding carboxylic acids is 2. The predicted octanol–water partition coefficient (Wildman–Crippen LogP) is 1.16. The van der Waals surface area contributed by atoms with E-state index in [2.05, 4.69) is 5.43 Å². The van der Waals surface area contributed by atoms with E-state index in [1.165, 1.54) is 5.01 Å². The Morgan fingerprint density at radius 2 is 2.04 bits per heavy atom. The first kappa shape index (κ1) is 19.7. The van der Waals surface area contributed by atoms with Crippen LogP contribution in [0.2, 0.25) is 0 Å². The highest BCUT2D eigenvalue weighted by atomic mass is 16.5. The average Bonchev–Trinajstić information content (AvgIpc) is 3.02. The van der Waals surface area contributed by atoms with Crippen molar-refractivity contribution in [3.8, 4) is 5.75 Å². The van der Waals surface area contributed by atoms with Gasteiger partial charge in [0.25, 0.3) is 0 Å². The molecule has 0 unspecified atom stereocenters. The number of para-hydroxylation sites is 1. The number of hydrogen-bond donors (Lipinski definition) is 4. The molecule has 2 aromatic rings. The van der Waals surface area contributed by atoms with Gasteiger partial charge in [-0.15, -0.1) is 0 Å². The Balaban J connectivity index is 1.77. The highest BCUT2D eigenvalue weighted by Gasteiger charge is 2.31. The zero-order valence-electron chi connectivity index (χ0n) is 15.5. The van der Waals surface area contributed by atoms with Crippen LogP contribution in [0.25, 0.3) is 0 Å². The second-order valence-electron chi connectivity index (χ2n) is 6.65. The molecule has 0 aromatic heterocycles.